The van der Waals surface area contributed by atoms with E-state index in [9.17, 15) is 14.4 Å². The topological polar surface area (TPSA) is 75.7 Å². The summed E-state index contributed by atoms with van der Waals surface area (Å²) in [6.45, 7) is 1.97. The number of hydrogen-bond acceptors (Lipinski definition) is 4. The smallest absolute Gasteiger partial charge is 0.337 e. The van der Waals surface area contributed by atoms with Gasteiger partial charge in [-0.25, -0.2) is 4.79 Å². The van der Waals surface area contributed by atoms with Gasteiger partial charge in [-0.3, -0.25) is 9.59 Å². The van der Waals surface area contributed by atoms with E-state index < -0.39 is 5.97 Å². The zero-order valence-corrected chi connectivity index (χ0v) is 19.7. The van der Waals surface area contributed by atoms with Crippen molar-refractivity contribution in [2.24, 2.45) is 0 Å². The first-order valence-corrected chi connectivity index (χ1v) is 11.4. The van der Waals surface area contributed by atoms with E-state index in [2.05, 4.69) is 5.32 Å². The minimum Gasteiger partial charge on any atom is -0.465 e. The monoisotopic (exact) mass is 476 g/mol. The van der Waals surface area contributed by atoms with Crippen LogP contribution in [0.15, 0.2) is 72.8 Å². The van der Waals surface area contributed by atoms with E-state index in [-0.39, 0.29) is 30.3 Å². The van der Waals surface area contributed by atoms with Crippen LogP contribution in [0.4, 0.5) is 5.69 Å². The normalized spacial score (nSPS) is 17.0. The van der Waals surface area contributed by atoms with E-state index in [1.54, 1.807) is 41.3 Å². The second kappa shape index (κ2) is 10.1. The standard InChI is InChI=1S/C27H25ClN2O4/c1-17-15-23(29-25(31)16-18-7-13-21(28)14-8-18)22-5-3-4-6-24(22)30(17)26(32)19-9-11-20(12-10-19)27(33)34-2/h3-14,17,23H,15-16H2,1-2H3,(H,29,31)/t17-,23+/m0/s1. The highest BCUT2D eigenvalue weighted by Crippen LogP contribution is 2.38. The number of amides is 2. The van der Waals surface area contributed by atoms with Crippen molar-refractivity contribution in [2.45, 2.75) is 31.8 Å². The number of ether oxygens (including phenoxy) is 1. The number of benzene rings is 3. The molecular formula is C27H25ClN2O4. The number of anilines is 1. The maximum Gasteiger partial charge on any atom is 0.337 e. The molecule has 7 heteroatoms. The van der Waals surface area contributed by atoms with Crippen LogP contribution in [0.3, 0.4) is 0 Å². The fraction of sp³-hybridized carbons (Fsp3) is 0.222. The third kappa shape index (κ3) is 4.97. The van der Waals surface area contributed by atoms with Gasteiger partial charge in [0.2, 0.25) is 5.91 Å². The molecule has 0 aliphatic carbocycles. The molecule has 0 bridgehead atoms. The van der Waals surface area contributed by atoms with E-state index >= 15 is 0 Å². The van der Waals surface area contributed by atoms with Crippen molar-refractivity contribution in [2.75, 3.05) is 12.0 Å². The van der Waals surface area contributed by atoms with Crippen molar-refractivity contribution in [3.05, 3.63) is 100 Å². The van der Waals surface area contributed by atoms with Crippen LogP contribution in [0.5, 0.6) is 0 Å². The highest BCUT2D eigenvalue weighted by molar-refractivity contribution is 6.30. The minimum atomic E-state index is -0.451. The number of carbonyl (C=O) groups is 3. The zero-order valence-electron chi connectivity index (χ0n) is 19.0. The van der Waals surface area contributed by atoms with Gasteiger partial charge in [0.15, 0.2) is 0 Å². The van der Waals surface area contributed by atoms with Gasteiger partial charge in [0.25, 0.3) is 5.91 Å². The lowest BCUT2D eigenvalue weighted by Crippen LogP contribution is -2.46. The second-order valence-electron chi connectivity index (χ2n) is 8.31. The Bertz CT molecular complexity index is 1210. The molecule has 3 aromatic carbocycles. The van der Waals surface area contributed by atoms with Crippen molar-refractivity contribution < 1.29 is 19.1 Å². The van der Waals surface area contributed by atoms with Crippen LogP contribution < -0.4 is 10.2 Å². The largest absolute Gasteiger partial charge is 0.465 e. The van der Waals surface area contributed by atoms with E-state index in [1.165, 1.54) is 7.11 Å². The summed E-state index contributed by atoms with van der Waals surface area (Å²) in [5.74, 6) is -0.706. The first-order chi connectivity index (χ1) is 16.4. The zero-order chi connectivity index (χ0) is 24.2. The van der Waals surface area contributed by atoms with Crippen LogP contribution in [-0.2, 0) is 16.0 Å². The number of carbonyl (C=O) groups excluding carboxylic acids is 3. The molecule has 34 heavy (non-hydrogen) atoms. The van der Waals surface area contributed by atoms with Crippen LogP contribution in [0.25, 0.3) is 0 Å². The lowest BCUT2D eigenvalue weighted by atomic mass is 9.90. The molecular weight excluding hydrogens is 452 g/mol. The molecule has 0 radical (unpaired) electrons. The van der Waals surface area contributed by atoms with Crippen LogP contribution in [-0.4, -0.2) is 30.9 Å². The predicted octanol–water partition coefficient (Wildman–Crippen LogP) is 4.97. The maximum absolute atomic E-state index is 13.4. The number of nitrogens with one attached hydrogen (secondary N) is 1. The van der Waals surface area contributed by atoms with Crippen molar-refractivity contribution in [3.63, 3.8) is 0 Å². The van der Waals surface area contributed by atoms with Crippen LogP contribution in [0.2, 0.25) is 5.02 Å². The molecule has 0 saturated carbocycles. The minimum absolute atomic E-state index is 0.0903. The Hall–Kier alpha value is -3.64. The fourth-order valence-electron chi connectivity index (χ4n) is 4.30. The number of methoxy groups -OCH3 is 1. The van der Waals surface area contributed by atoms with Crippen LogP contribution >= 0.6 is 11.6 Å². The first-order valence-electron chi connectivity index (χ1n) is 11.0. The molecule has 4 rings (SSSR count). The number of para-hydroxylation sites is 1. The summed E-state index contributed by atoms with van der Waals surface area (Å²) in [6, 6.07) is 20.9. The van der Waals surface area contributed by atoms with Crippen molar-refractivity contribution >= 4 is 35.1 Å². The number of rotatable bonds is 5. The van der Waals surface area contributed by atoms with Crippen LogP contribution in [0.1, 0.15) is 51.2 Å². The van der Waals surface area contributed by atoms with Gasteiger partial charge in [0.1, 0.15) is 0 Å². The molecule has 1 aliphatic rings. The lowest BCUT2D eigenvalue weighted by molar-refractivity contribution is -0.121. The molecule has 0 aromatic heterocycles. The Balaban J connectivity index is 1.54. The molecule has 1 aliphatic heterocycles. The highest BCUT2D eigenvalue weighted by atomic mass is 35.5. The van der Waals surface area contributed by atoms with E-state index in [4.69, 9.17) is 16.3 Å². The van der Waals surface area contributed by atoms with Crippen LogP contribution in [0, 0.1) is 0 Å². The SMILES string of the molecule is COC(=O)c1ccc(C(=O)N2c3ccccc3[C@H](NC(=O)Cc3ccc(Cl)cc3)C[C@@H]2C)cc1. The molecule has 0 saturated heterocycles. The second-order valence-corrected chi connectivity index (χ2v) is 8.75. The first kappa shape index (κ1) is 23.5. The molecule has 174 valence electrons. The summed E-state index contributed by atoms with van der Waals surface area (Å²) in [5, 5.41) is 3.76. The van der Waals surface area contributed by atoms with E-state index in [0.29, 0.717) is 22.6 Å². The Morgan fingerprint density at radius 2 is 1.62 bits per heavy atom. The van der Waals surface area contributed by atoms with E-state index in [0.717, 1.165) is 16.8 Å². The number of hydrogen-bond donors (Lipinski definition) is 1. The quantitative estimate of drug-likeness (QED) is 0.528. The molecule has 3 aromatic rings. The average molecular weight is 477 g/mol. The maximum atomic E-state index is 13.4. The Morgan fingerprint density at radius 1 is 0.971 bits per heavy atom. The van der Waals surface area contributed by atoms with Crippen molar-refractivity contribution in [3.8, 4) is 0 Å². The number of halogens is 1. The summed E-state index contributed by atoms with van der Waals surface area (Å²) >= 11 is 5.93. The van der Waals surface area contributed by atoms with E-state index in [1.807, 2.05) is 43.3 Å². The third-order valence-electron chi connectivity index (χ3n) is 5.97. The Kier molecular flexibility index (Phi) is 6.98. The molecule has 2 atom stereocenters. The van der Waals surface area contributed by atoms with Crippen molar-refractivity contribution in [1.29, 1.82) is 0 Å². The summed E-state index contributed by atoms with van der Waals surface area (Å²) in [4.78, 5) is 39.7. The Labute approximate surface area is 203 Å². The Morgan fingerprint density at radius 3 is 2.29 bits per heavy atom. The molecule has 2 amide bonds. The fourth-order valence-corrected chi connectivity index (χ4v) is 4.42. The summed E-state index contributed by atoms with van der Waals surface area (Å²) in [7, 11) is 1.32. The number of nitrogens with zero attached hydrogens (tertiary/aromatic N) is 1. The summed E-state index contributed by atoms with van der Waals surface area (Å²) < 4.78 is 4.73. The molecule has 0 unspecified atom stereocenters. The number of esters is 1. The molecule has 6 nitrogen and oxygen atoms in total. The summed E-state index contributed by atoms with van der Waals surface area (Å²) in [5.41, 5.74) is 3.39. The number of fused-ring (bicyclic) bond motifs is 1. The lowest BCUT2D eigenvalue weighted by Gasteiger charge is -2.39. The molecule has 0 fully saturated rings. The van der Waals surface area contributed by atoms with Gasteiger partial charge in [-0.2, -0.15) is 0 Å². The third-order valence-corrected chi connectivity index (χ3v) is 6.23. The van der Waals surface area contributed by atoms with Gasteiger partial charge in [0.05, 0.1) is 25.1 Å². The van der Waals surface area contributed by atoms with Gasteiger partial charge in [-0.1, -0.05) is 41.9 Å². The van der Waals surface area contributed by atoms with Gasteiger partial charge in [-0.15, -0.1) is 0 Å². The van der Waals surface area contributed by atoms with Crippen molar-refractivity contribution in [1.82, 2.24) is 5.32 Å². The van der Waals surface area contributed by atoms with Gasteiger partial charge in [0, 0.05) is 22.3 Å². The predicted molar refractivity (Wildman–Crippen MR) is 131 cm³/mol. The van der Waals surface area contributed by atoms with Gasteiger partial charge < -0.3 is 15.0 Å². The molecule has 0 spiro atoms. The van der Waals surface area contributed by atoms with Gasteiger partial charge in [-0.05, 0) is 66.9 Å². The average Bonchev–Trinajstić information content (AvgIpc) is 2.85. The highest BCUT2D eigenvalue weighted by Gasteiger charge is 2.34. The summed E-state index contributed by atoms with van der Waals surface area (Å²) in [6.07, 6.45) is 0.828. The molecule has 1 heterocycles. The van der Waals surface area contributed by atoms with Gasteiger partial charge >= 0.3 is 5.97 Å². The molecule has 1 N–H and O–H groups in total.